The number of fused-ring (bicyclic) bond motifs is 1. The maximum atomic E-state index is 11.8. The first kappa shape index (κ1) is 11.0. The Morgan fingerprint density at radius 2 is 2.44 bits per heavy atom. The molecule has 4 nitrogen and oxygen atoms in total. The van der Waals surface area contributed by atoms with E-state index >= 15 is 0 Å². The minimum absolute atomic E-state index is 0.0558. The SMILES string of the molecule is C[C@H](CO)NC(=O)c1ccc2c(c1)CCO2. The summed E-state index contributed by atoms with van der Waals surface area (Å²) >= 11 is 0. The Kier molecular flexibility index (Phi) is 3.10. The maximum Gasteiger partial charge on any atom is 0.251 e. The van der Waals surface area contributed by atoms with Gasteiger partial charge in [0.1, 0.15) is 5.75 Å². The molecule has 16 heavy (non-hydrogen) atoms. The largest absolute Gasteiger partial charge is 0.493 e. The Bertz CT molecular complexity index is 403. The van der Waals surface area contributed by atoms with Crippen molar-refractivity contribution < 1.29 is 14.6 Å². The van der Waals surface area contributed by atoms with Crippen molar-refractivity contribution >= 4 is 5.91 Å². The Morgan fingerprint density at radius 3 is 3.19 bits per heavy atom. The number of carbonyl (C=O) groups is 1. The molecule has 0 aliphatic carbocycles. The zero-order valence-electron chi connectivity index (χ0n) is 9.19. The van der Waals surface area contributed by atoms with Crippen LogP contribution < -0.4 is 10.1 Å². The molecule has 0 unspecified atom stereocenters. The summed E-state index contributed by atoms with van der Waals surface area (Å²) in [5.41, 5.74) is 1.69. The molecule has 0 saturated heterocycles. The summed E-state index contributed by atoms with van der Waals surface area (Å²) in [6.45, 7) is 2.39. The molecule has 1 aliphatic rings. The molecule has 0 radical (unpaired) electrons. The van der Waals surface area contributed by atoms with Crippen LogP contribution in [0.4, 0.5) is 0 Å². The van der Waals surface area contributed by atoms with E-state index < -0.39 is 0 Å². The predicted molar refractivity (Wildman–Crippen MR) is 59.7 cm³/mol. The lowest BCUT2D eigenvalue weighted by molar-refractivity contribution is 0.0922. The van der Waals surface area contributed by atoms with Crippen molar-refractivity contribution in [3.8, 4) is 5.75 Å². The molecule has 0 spiro atoms. The number of carbonyl (C=O) groups excluding carboxylic acids is 1. The molecule has 2 N–H and O–H groups in total. The first-order valence-corrected chi connectivity index (χ1v) is 5.38. The van der Waals surface area contributed by atoms with Gasteiger partial charge in [0, 0.05) is 18.0 Å². The van der Waals surface area contributed by atoms with Crippen LogP contribution in [0.2, 0.25) is 0 Å². The molecule has 1 aromatic rings. The van der Waals surface area contributed by atoms with Gasteiger partial charge in [-0.1, -0.05) is 0 Å². The third-order valence-electron chi connectivity index (χ3n) is 2.60. The predicted octanol–water partition coefficient (Wildman–Crippen LogP) is 0.732. The number of hydrogen-bond donors (Lipinski definition) is 2. The Labute approximate surface area is 94.2 Å². The van der Waals surface area contributed by atoms with Gasteiger partial charge in [0.25, 0.3) is 5.91 Å². The van der Waals surface area contributed by atoms with E-state index in [2.05, 4.69) is 5.32 Å². The van der Waals surface area contributed by atoms with Crippen LogP contribution in [-0.4, -0.2) is 30.3 Å². The van der Waals surface area contributed by atoms with Gasteiger partial charge in [-0.25, -0.2) is 0 Å². The van der Waals surface area contributed by atoms with Crippen LogP contribution in [-0.2, 0) is 6.42 Å². The lowest BCUT2D eigenvalue weighted by atomic mass is 10.1. The molecular formula is C12H15NO3. The fourth-order valence-electron chi connectivity index (χ4n) is 1.68. The van der Waals surface area contributed by atoms with Crippen molar-refractivity contribution in [2.45, 2.75) is 19.4 Å². The van der Waals surface area contributed by atoms with Gasteiger partial charge < -0.3 is 15.2 Å². The number of amides is 1. The molecule has 0 saturated carbocycles. The van der Waals surface area contributed by atoms with Gasteiger partial charge in [-0.2, -0.15) is 0 Å². The molecular weight excluding hydrogens is 206 g/mol. The van der Waals surface area contributed by atoms with Crippen LogP contribution >= 0.6 is 0 Å². The third kappa shape index (κ3) is 2.17. The fraction of sp³-hybridized carbons (Fsp3) is 0.417. The molecule has 1 atom stereocenters. The molecule has 1 amide bonds. The molecule has 0 aromatic heterocycles. The molecule has 0 bridgehead atoms. The average Bonchev–Trinajstić information content (AvgIpc) is 2.75. The van der Waals surface area contributed by atoms with Crippen LogP contribution in [0, 0.1) is 0 Å². The maximum absolute atomic E-state index is 11.8. The number of hydrogen-bond acceptors (Lipinski definition) is 3. The Balaban J connectivity index is 2.12. The van der Waals surface area contributed by atoms with E-state index in [4.69, 9.17) is 9.84 Å². The van der Waals surface area contributed by atoms with E-state index in [1.165, 1.54) is 0 Å². The van der Waals surface area contributed by atoms with Crippen LogP contribution in [0.15, 0.2) is 18.2 Å². The lowest BCUT2D eigenvalue weighted by Gasteiger charge is -2.11. The van der Waals surface area contributed by atoms with Crippen molar-refractivity contribution in [1.82, 2.24) is 5.32 Å². The third-order valence-corrected chi connectivity index (χ3v) is 2.60. The fourth-order valence-corrected chi connectivity index (χ4v) is 1.68. The second-order valence-corrected chi connectivity index (χ2v) is 3.98. The summed E-state index contributed by atoms with van der Waals surface area (Å²) in [5, 5.41) is 11.6. The standard InChI is InChI=1S/C12H15NO3/c1-8(7-14)13-12(15)10-2-3-11-9(6-10)4-5-16-11/h2-3,6,8,14H,4-5,7H2,1H3,(H,13,15)/t8-/m1/s1. The normalized spacial score (nSPS) is 15.1. The van der Waals surface area contributed by atoms with Gasteiger partial charge in [-0.05, 0) is 30.7 Å². The summed E-state index contributed by atoms with van der Waals surface area (Å²) in [4.78, 5) is 11.8. The van der Waals surface area contributed by atoms with Gasteiger partial charge >= 0.3 is 0 Å². The number of nitrogens with one attached hydrogen (secondary N) is 1. The highest BCUT2D eigenvalue weighted by molar-refractivity contribution is 5.94. The zero-order valence-corrected chi connectivity index (χ0v) is 9.19. The van der Waals surface area contributed by atoms with Gasteiger partial charge in [-0.15, -0.1) is 0 Å². The second kappa shape index (κ2) is 4.53. The average molecular weight is 221 g/mol. The summed E-state index contributed by atoms with van der Waals surface area (Å²) in [6.07, 6.45) is 0.853. The van der Waals surface area contributed by atoms with Crippen LogP contribution in [0.25, 0.3) is 0 Å². The van der Waals surface area contributed by atoms with E-state index in [9.17, 15) is 4.79 Å². The van der Waals surface area contributed by atoms with Gasteiger partial charge in [0.15, 0.2) is 0 Å². The van der Waals surface area contributed by atoms with E-state index in [0.717, 1.165) is 17.7 Å². The zero-order chi connectivity index (χ0) is 11.5. The van der Waals surface area contributed by atoms with E-state index in [1.54, 1.807) is 13.0 Å². The van der Waals surface area contributed by atoms with E-state index in [0.29, 0.717) is 12.2 Å². The van der Waals surface area contributed by atoms with Gasteiger partial charge in [0.05, 0.1) is 13.2 Å². The van der Waals surface area contributed by atoms with Crippen LogP contribution in [0.3, 0.4) is 0 Å². The smallest absolute Gasteiger partial charge is 0.251 e. The van der Waals surface area contributed by atoms with E-state index in [-0.39, 0.29) is 18.6 Å². The number of aliphatic hydroxyl groups excluding tert-OH is 1. The Hall–Kier alpha value is -1.55. The molecule has 86 valence electrons. The number of benzene rings is 1. The topological polar surface area (TPSA) is 58.6 Å². The van der Waals surface area contributed by atoms with Gasteiger partial charge in [-0.3, -0.25) is 4.79 Å². The van der Waals surface area contributed by atoms with Crippen LogP contribution in [0.1, 0.15) is 22.8 Å². The monoisotopic (exact) mass is 221 g/mol. The molecule has 4 heteroatoms. The van der Waals surface area contributed by atoms with Crippen molar-refractivity contribution in [2.24, 2.45) is 0 Å². The highest BCUT2D eigenvalue weighted by Crippen LogP contribution is 2.25. The summed E-state index contributed by atoms with van der Waals surface area (Å²) in [7, 11) is 0. The van der Waals surface area contributed by atoms with Crippen LogP contribution in [0.5, 0.6) is 5.75 Å². The van der Waals surface area contributed by atoms with E-state index in [1.807, 2.05) is 12.1 Å². The quantitative estimate of drug-likeness (QED) is 0.791. The summed E-state index contributed by atoms with van der Waals surface area (Å²) < 4.78 is 5.36. The number of ether oxygens (including phenoxy) is 1. The van der Waals surface area contributed by atoms with Crippen molar-refractivity contribution in [2.75, 3.05) is 13.2 Å². The minimum atomic E-state index is -0.225. The molecule has 0 fully saturated rings. The van der Waals surface area contributed by atoms with Gasteiger partial charge in [0.2, 0.25) is 0 Å². The van der Waals surface area contributed by atoms with Crippen molar-refractivity contribution in [3.63, 3.8) is 0 Å². The first-order chi connectivity index (χ1) is 7.70. The lowest BCUT2D eigenvalue weighted by Crippen LogP contribution is -2.34. The number of rotatable bonds is 3. The molecule has 2 rings (SSSR count). The Morgan fingerprint density at radius 1 is 1.62 bits per heavy atom. The number of aliphatic hydroxyl groups is 1. The highest BCUT2D eigenvalue weighted by atomic mass is 16.5. The van der Waals surface area contributed by atoms with Crippen molar-refractivity contribution in [1.29, 1.82) is 0 Å². The molecule has 1 aromatic carbocycles. The second-order valence-electron chi connectivity index (χ2n) is 3.98. The summed E-state index contributed by atoms with van der Waals surface area (Å²) in [5.74, 6) is 0.711. The summed E-state index contributed by atoms with van der Waals surface area (Å²) in [6, 6.07) is 5.18. The minimum Gasteiger partial charge on any atom is -0.493 e. The molecule has 1 aliphatic heterocycles. The highest BCUT2D eigenvalue weighted by Gasteiger charge is 2.15. The first-order valence-electron chi connectivity index (χ1n) is 5.38. The molecule has 1 heterocycles. The van der Waals surface area contributed by atoms with Crippen molar-refractivity contribution in [3.05, 3.63) is 29.3 Å².